The number of nitrogens with zero attached hydrogens (tertiary/aromatic N) is 2. The van der Waals surface area contributed by atoms with Crippen LogP contribution in [0.3, 0.4) is 0 Å². The summed E-state index contributed by atoms with van der Waals surface area (Å²) in [5.74, 6) is 0.611. The standard InChI is InChI=1S/C10H15ClN4O/c1-12-4-7-2-3-15(6-7)8-5-13-14-10(16)9(8)11/h5,7,12H,2-4,6H2,1H3,(H,14,16). The number of H-pyrrole nitrogens is 1. The predicted molar refractivity (Wildman–Crippen MR) is 64.1 cm³/mol. The van der Waals surface area contributed by atoms with Gasteiger partial charge in [-0.3, -0.25) is 4.79 Å². The molecule has 2 N–H and O–H groups in total. The van der Waals surface area contributed by atoms with Crippen LogP contribution in [0.15, 0.2) is 11.0 Å². The Bertz CT molecular complexity index is 420. The van der Waals surface area contributed by atoms with Crippen LogP contribution in [0, 0.1) is 5.92 Å². The van der Waals surface area contributed by atoms with Crippen molar-refractivity contribution in [3.05, 3.63) is 21.6 Å². The highest BCUT2D eigenvalue weighted by Crippen LogP contribution is 2.26. The third-order valence-electron chi connectivity index (χ3n) is 2.90. The van der Waals surface area contributed by atoms with Gasteiger partial charge in [0.15, 0.2) is 0 Å². The van der Waals surface area contributed by atoms with Gasteiger partial charge in [0.1, 0.15) is 5.02 Å². The first-order valence-electron chi connectivity index (χ1n) is 5.35. The SMILES string of the molecule is CNCC1CCN(c2cn[nH]c(=O)c2Cl)C1. The van der Waals surface area contributed by atoms with Gasteiger partial charge in [-0.2, -0.15) is 5.10 Å². The van der Waals surface area contributed by atoms with E-state index in [1.54, 1.807) is 6.20 Å². The lowest BCUT2D eigenvalue weighted by Gasteiger charge is -2.18. The van der Waals surface area contributed by atoms with E-state index >= 15 is 0 Å². The van der Waals surface area contributed by atoms with Crippen LogP contribution in [0.4, 0.5) is 5.69 Å². The molecule has 1 saturated heterocycles. The van der Waals surface area contributed by atoms with E-state index in [1.165, 1.54) is 0 Å². The topological polar surface area (TPSA) is 61.0 Å². The average Bonchev–Trinajstić information content (AvgIpc) is 2.71. The monoisotopic (exact) mass is 242 g/mol. The highest BCUT2D eigenvalue weighted by molar-refractivity contribution is 6.33. The Morgan fingerprint density at radius 1 is 1.75 bits per heavy atom. The Morgan fingerprint density at radius 2 is 2.56 bits per heavy atom. The van der Waals surface area contributed by atoms with E-state index in [1.807, 2.05) is 7.05 Å². The number of hydrogen-bond donors (Lipinski definition) is 2. The van der Waals surface area contributed by atoms with Gasteiger partial charge in [-0.15, -0.1) is 0 Å². The van der Waals surface area contributed by atoms with Crippen LogP contribution in [0.1, 0.15) is 6.42 Å². The molecule has 0 aliphatic carbocycles. The maximum atomic E-state index is 11.3. The summed E-state index contributed by atoms with van der Waals surface area (Å²) < 4.78 is 0. The first kappa shape index (κ1) is 11.4. The first-order chi connectivity index (χ1) is 7.72. The second kappa shape index (κ2) is 4.84. The molecule has 2 rings (SSSR count). The summed E-state index contributed by atoms with van der Waals surface area (Å²) in [5, 5.41) is 9.51. The summed E-state index contributed by atoms with van der Waals surface area (Å²) in [4.78, 5) is 13.4. The number of hydrogen-bond acceptors (Lipinski definition) is 4. The summed E-state index contributed by atoms with van der Waals surface area (Å²) in [7, 11) is 1.95. The van der Waals surface area contributed by atoms with Crippen molar-refractivity contribution in [2.24, 2.45) is 5.92 Å². The van der Waals surface area contributed by atoms with Gasteiger partial charge in [0.2, 0.25) is 0 Å². The summed E-state index contributed by atoms with van der Waals surface area (Å²) in [6.45, 7) is 2.84. The fourth-order valence-electron chi connectivity index (χ4n) is 2.10. The van der Waals surface area contributed by atoms with Crippen molar-refractivity contribution >= 4 is 17.3 Å². The third kappa shape index (κ3) is 2.20. The highest BCUT2D eigenvalue weighted by atomic mass is 35.5. The Labute approximate surface area is 98.8 Å². The molecule has 0 amide bonds. The predicted octanol–water partition coefficient (Wildman–Crippen LogP) is 0.469. The van der Waals surface area contributed by atoms with Crippen molar-refractivity contribution in [1.82, 2.24) is 15.5 Å². The molecule has 5 nitrogen and oxygen atoms in total. The van der Waals surface area contributed by atoms with E-state index in [-0.39, 0.29) is 10.6 Å². The van der Waals surface area contributed by atoms with Crippen molar-refractivity contribution < 1.29 is 0 Å². The van der Waals surface area contributed by atoms with E-state index < -0.39 is 0 Å². The van der Waals surface area contributed by atoms with E-state index in [9.17, 15) is 4.79 Å². The van der Waals surface area contributed by atoms with Gasteiger partial charge in [-0.05, 0) is 25.9 Å². The zero-order valence-electron chi connectivity index (χ0n) is 9.16. The molecule has 1 aromatic rings. The van der Waals surface area contributed by atoms with Crippen molar-refractivity contribution in [1.29, 1.82) is 0 Å². The van der Waals surface area contributed by atoms with Gasteiger partial charge in [0.05, 0.1) is 11.9 Å². The van der Waals surface area contributed by atoms with Gasteiger partial charge in [-0.25, -0.2) is 5.10 Å². The fraction of sp³-hybridized carbons (Fsp3) is 0.600. The van der Waals surface area contributed by atoms with Crippen LogP contribution in [-0.4, -0.2) is 36.9 Å². The van der Waals surface area contributed by atoms with Crippen molar-refractivity contribution in [2.75, 3.05) is 31.6 Å². The number of nitrogens with one attached hydrogen (secondary N) is 2. The fourth-order valence-corrected chi connectivity index (χ4v) is 2.31. The van der Waals surface area contributed by atoms with Crippen LogP contribution in [0.25, 0.3) is 0 Å². The molecule has 0 bridgehead atoms. The first-order valence-corrected chi connectivity index (χ1v) is 5.73. The number of anilines is 1. The molecule has 0 radical (unpaired) electrons. The van der Waals surface area contributed by atoms with Gasteiger partial charge in [0, 0.05) is 13.1 Å². The Hall–Kier alpha value is -1.07. The molecule has 6 heteroatoms. The Kier molecular flexibility index (Phi) is 3.46. The van der Waals surface area contributed by atoms with Crippen LogP contribution in [0.2, 0.25) is 5.02 Å². The molecule has 2 heterocycles. The third-order valence-corrected chi connectivity index (χ3v) is 3.26. The molecular weight excluding hydrogens is 228 g/mol. The molecular formula is C10H15ClN4O. The lowest BCUT2D eigenvalue weighted by Crippen LogP contribution is -2.26. The maximum Gasteiger partial charge on any atom is 0.285 e. The minimum Gasteiger partial charge on any atom is -0.369 e. The molecule has 1 fully saturated rings. The quantitative estimate of drug-likeness (QED) is 0.809. The van der Waals surface area contributed by atoms with Gasteiger partial charge in [-0.1, -0.05) is 11.6 Å². The molecule has 0 saturated carbocycles. The van der Waals surface area contributed by atoms with E-state index in [4.69, 9.17) is 11.6 Å². The highest BCUT2D eigenvalue weighted by Gasteiger charge is 2.24. The van der Waals surface area contributed by atoms with Crippen LogP contribution in [0.5, 0.6) is 0 Å². The molecule has 88 valence electrons. The zero-order chi connectivity index (χ0) is 11.5. The van der Waals surface area contributed by atoms with Crippen molar-refractivity contribution in [3.63, 3.8) is 0 Å². The second-order valence-corrected chi connectivity index (χ2v) is 4.43. The smallest absolute Gasteiger partial charge is 0.285 e. The Balaban J connectivity index is 2.14. The number of aromatic nitrogens is 2. The minimum absolute atomic E-state index is 0.236. The van der Waals surface area contributed by atoms with Gasteiger partial charge in [0.25, 0.3) is 5.56 Å². The molecule has 1 aromatic heterocycles. The average molecular weight is 243 g/mol. The lowest BCUT2D eigenvalue weighted by molar-refractivity contribution is 0.549. The minimum atomic E-state index is -0.323. The number of rotatable bonds is 3. The molecule has 1 aliphatic heterocycles. The van der Waals surface area contributed by atoms with E-state index in [0.717, 1.165) is 31.7 Å². The number of halogens is 1. The van der Waals surface area contributed by atoms with Gasteiger partial charge < -0.3 is 10.2 Å². The number of aromatic amines is 1. The molecule has 1 atom stereocenters. The van der Waals surface area contributed by atoms with Crippen LogP contribution >= 0.6 is 11.6 Å². The molecule has 1 unspecified atom stereocenters. The van der Waals surface area contributed by atoms with E-state index in [2.05, 4.69) is 20.4 Å². The Morgan fingerprint density at radius 3 is 3.31 bits per heavy atom. The van der Waals surface area contributed by atoms with Crippen molar-refractivity contribution in [2.45, 2.75) is 6.42 Å². The normalized spacial score (nSPS) is 20.4. The molecule has 0 aromatic carbocycles. The van der Waals surface area contributed by atoms with Gasteiger partial charge >= 0.3 is 0 Å². The molecule has 16 heavy (non-hydrogen) atoms. The van der Waals surface area contributed by atoms with E-state index in [0.29, 0.717) is 5.92 Å². The maximum absolute atomic E-state index is 11.3. The van der Waals surface area contributed by atoms with Crippen LogP contribution < -0.4 is 15.8 Å². The second-order valence-electron chi connectivity index (χ2n) is 4.06. The largest absolute Gasteiger partial charge is 0.369 e. The molecule has 0 spiro atoms. The zero-order valence-corrected chi connectivity index (χ0v) is 9.92. The van der Waals surface area contributed by atoms with Crippen LogP contribution in [-0.2, 0) is 0 Å². The summed E-state index contributed by atoms with van der Waals surface area (Å²) >= 11 is 5.96. The summed E-state index contributed by atoms with van der Waals surface area (Å²) in [6.07, 6.45) is 2.73. The molecule has 1 aliphatic rings. The summed E-state index contributed by atoms with van der Waals surface area (Å²) in [5.41, 5.74) is 0.417. The summed E-state index contributed by atoms with van der Waals surface area (Å²) in [6, 6.07) is 0. The lowest BCUT2D eigenvalue weighted by atomic mass is 10.1. The van der Waals surface area contributed by atoms with Crippen molar-refractivity contribution in [3.8, 4) is 0 Å².